The molecule has 3 aromatic rings. The highest BCUT2D eigenvalue weighted by molar-refractivity contribution is 7.09. The molecule has 6 nitrogen and oxygen atoms in total. The minimum Gasteiger partial charge on any atom is -0.330 e. The average Bonchev–Trinajstić information content (AvgIpc) is 3.22. The molecule has 3 N–H and O–H groups in total. The van der Waals surface area contributed by atoms with Crippen LogP contribution in [0.5, 0.6) is 0 Å². The quantitative estimate of drug-likeness (QED) is 0.651. The van der Waals surface area contributed by atoms with Crippen LogP contribution >= 0.6 is 23.7 Å². The predicted octanol–water partition coefficient (Wildman–Crippen LogP) is 4.11. The number of nitrogens with zero attached hydrogens (tertiary/aromatic N) is 3. The normalized spacial score (nSPS) is 11.2. The molecule has 3 rings (SSSR count). The van der Waals surface area contributed by atoms with Gasteiger partial charge in [0.15, 0.2) is 0 Å². The van der Waals surface area contributed by atoms with Crippen molar-refractivity contribution in [2.75, 3.05) is 11.9 Å². The first-order valence-electron chi connectivity index (χ1n) is 8.91. The second-order valence-corrected chi connectivity index (χ2v) is 8.48. The number of anilines is 1. The molecule has 8 heteroatoms. The van der Waals surface area contributed by atoms with Crippen molar-refractivity contribution in [2.24, 2.45) is 5.73 Å². The first-order chi connectivity index (χ1) is 12.8. The van der Waals surface area contributed by atoms with Crippen LogP contribution < -0.4 is 11.1 Å². The summed E-state index contributed by atoms with van der Waals surface area (Å²) in [4.78, 5) is 17.1. The van der Waals surface area contributed by atoms with E-state index in [-0.39, 0.29) is 23.7 Å². The Hall–Kier alpha value is -2.22. The van der Waals surface area contributed by atoms with Crippen LogP contribution in [0.25, 0.3) is 5.69 Å². The van der Waals surface area contributed by atoms with Gasteiger partial charge in [0, 0.05) is 23.3 Å². The molecular weight excluding hydrogens is 394 g/mol. The fourth-order valence-corrected chi connectivity index (χ4v) is 3.42. The first-order valence-corrected chi connectivity index (χ1v) is 9.79. The number of benzene rings is 1. The average molecular weight is 420 g/mol. The maximum Gasteiger partial charge on any atom is 0.276 e. The summed E-state index contributed by atoms with van der Waals surface area (Å²) in [5, 5.41) is 10.3. The number of nitrogens with one attached hydrogen (secondary N) is 1. The van der Waals surface area contributed by atoms with Gasteiger partial charge in [0.05, 0.1) is 16.4 Å². The summed E-state index contributed by atoms with van der Waals surface area (Å²) < 4.78 is 1.78. The largest absolute Gasteiger partial charge is 0.330 e. The minimum atomic E-state index is -0.246. The Labute approximate surface area is 175 Å². The van der Waals surface area contributed by atoms with Crippen molar-refractivity contribution in [2.45, 2.75) is 39.5 Å². The number of aryl methyl sites for hydroxylation is 1. The third-order valence-corrected chi connectivity index (χ3v) is 5.02. The van der Waals surface area contributed by atoms with Crippen LogP contribution in [0.2, 0.25) is 0 Å². The van der Waals surface area contributed by atoms with Crippen LogP contribution in [-0.4, -0.2) is 27.2 Å². The van der Waals surface area contributed by atoms with Crippen LogP contribution in [0.15, 0.2) is 35.7 Å². The molecule has 0 atom stereocenters. The molecule has 1 aromatic carbocycles. The lowest BCUT2D eigenvalue weighted by atomic mass is 9.92. The lowest BCUT2D eigenvalue weighted by Gasteiger charge is -2.14. The second-order valence-electron chi connectivity index (χ2n) is 7.53. The van der Waals surface area contributed by atoms with E-state index in [1.165, 1.54) is 11.3 Å². The molecule has 0 unspecified atom stereocenters. The fourth-order valence-electron chi connectivity index (χ4n) is 2.63. The molecule has 150 valence electrons. The molecular formula is C20H26ClN5OS. The van der Waals surface area contributed by atoms with Gasteiger partial charge in [-0.3, -0.25) is 4.79 Å². The van der Waals surface area contributed by atoms with Crippen LogP contribution in [0.4, 0.5) is 5.82 Å². The number of hydrogen-bond donors (Lipinski definition) is 2. The zero-order chi connectivity index (χ0) is 19.6. The number of halogens is 1. The van der Waals surface area contributed by atoms with E-state index in [2.05, 4.69) is 31.1 Å². The first kappa shape index (κ1) is 22.1. The highest BCUT2D eigenvalue weighted by atomic mass is 35.5. The summed E-state index contributed by atoms with van der Waals surface area (Å²) in [6.45, 7) is 8.84. The van der Waals surface area contributed by atoms with E-state index in [4.69, 9.17) is 10.8 Å². The molecule has 0 bridgehead atoms. The molecule has 0 aliphatic heterocycles. The highest BCUT2D eigenvalue weighted by Crippen LogP contribution is 2.27. The monoisotopic (exact) mass is 419 g/mol. The minimum absolute atomic E-state index is 0. The molecule has 2 aromatic heterocycles. The van der Waals surface area contributed by atoms with Gasteiger partial charge in [-0.25, -0.2) is 9.67 Å². The summed E-state index contributed by atoms with van der Waals surface area (Å²) in [5.41, 5.74) is 8.77. The van der Waals surface area contributed by atoms with Crippen LogP contribution in [0.1, 0.15) is 47.5 Å². The van der Waals surface area contributed by atoms with E-state index in [1.807, 2.05) is 37.3 Å². The van der Waals surface area contributed by atoms with Crippen molar-refractivity contribution >= 4 is 35.5 Å². The van der Waals surface area contributed by atoms with Gasteiger partial charge in [0.25, 0.3) is 5.91 Å². The summed E-state index contributed by atoms with van der Waals surface area (Å²) in [5.74, 6) is 0.382. The maximum atomic E-state index is 12.7. The Kier molecular flexibility index (Phi) is 6.98. The van der Waals surface area contributed by atoms with Gasteiger partial charge in [-0.2, -0.15) is 5.10 Å². The molecule has 0 radical (unpaired) electrons. The number of aromatic nitrogens is 3. The molecule has 0 saturated heterocycles. The summed E-state index contributed by atoms with van der Waals surface area (Å²) in [7, 11) is 0. The van der Waals surface area contributed by atoms with Gasteiger partial charge in [0.2, 0.25) is 0 Å². The topological polar surface area (TPSA) is 85.8 Å². The number of rotatable bonds is 5. The lowest BCUT2D eigenvalue weighted by Crippen LogP contribution is -2.16. The third kappa shape index (κ3) is 4.98. The van der Waals surface area contributed by atoms with Crippen molar-refractivity contribution in [1.82, 2.24) is 14.8 Å². The van der Waals surface area contributed by atoms with E-state index < -0.39 is 0 Å². The van der Waals surface area contributed by atoms with E-state index in [0.717, 1.165) is 22.0 Å². The number of carbonyl (C=O) groups excluding carboxylic acids is 1. The Morgan fingerprint density at radius 3 is 2.68 bits per heavy atom. The zero-order valence-electron chi connectivity index (χ0n) is 16.5. The SMILES string of the molecule is Cc1cccc(-n2nc(C(C)(C)C)cc2NC(=O)c2csc(CCN)n2)c1.Cl. The van der Waals surface area contributed by atoms with Crippen molar-refractivity contribution < 1.29 is 4.79 Å². The number of thiazole rings is 1. The number of amides is 1. The third-order valence-electron chi connectivity index (χ3n) is 4.11. The number of carbonyl (C=O) groups is 1. The predicted molar refractivity (Wildman–Crippen MR) is 117 cm³/mol. The standard InChI is InChI=1S/C20H25N5OS.ClH/c1-13-6-5-7-14(10-13)25-17(11-16(24-25)20(2,3)4)23-19(26)15-12-27-18(22-15)8-9-21;/h5-7,10-12H,8-9,21H2,1-4H3,(H,23,26);1H. The Morgan fingerprint density at radius 2 is 2.04 bits per heavy atom. The molecule has 0 aliphatic carbocycles. The van der Waals surface area contributed by atoms with Crippen LogP contribution in [0.3, 0.4) is 0 Å². The van der Waals surface area contributed by atoms with Gasteiger partial charge < -0.3 is 11.1 Å². The van der Waals surface area contributed by atoms with Crippen molar-refractivity contribution in [1.29, 1.82) is 0 Å². The number of nitrogens with two attached hydrogens (primary N) is 1. The molecule has 0 fully saturated rings. The van der Waals surface area contributed by atoms with Gasteiger partial charge in [-0.15, -0.1) is 23.7 Å². The highest BCUT2D eigenvalue weighted by Gasteiger charge is 2.22. The number of hydrogen-bond acceptors (Lipinski definition) is 5. The van der Waals surface area contributed by atoms with Crippen molar-refractivity contribution in [3.8, 4) is 5.69 Å². The van der Waals surface area contributed by atoms with Crippen LogP contribution in [-0.2, 0) is 11.8 Å². The smallest absolute Gasteiger partial charge is 0.276 e. The molecule has 0 spiro atoms. The Morgan fingerprint density at radius 1 is 1.29 bits per heavy atom. The van der Waals surface area contributed by atoms with Crippen LogP contribution in [0, 0.1) is 6.92 Å². The molecule has 1 amide bonds. The summed E-state index contributed by atoms with van der Waals surface area (Å²) in [6, 6.07) is 9.95. The van der Waals surface area contributed by atoms with Crippen molar-refractivity contribution in [3.05, 3.63) is 57.7 Å². The molecule has 2 heterocycles. The van der Waals surface area contributed by atoms with E-state index in [1.54, 1.807) is 10.1 Å². The van der Waals surface area contributed by atoms with E-state index in [0.29, 0.717) is 24.5 Å². The van der Waals surface area contributed by atoms with E-state index in [9.17, 15) is 4.79 Å². The lowest BCUT2D eigenvalue weighted by molar-refractivity contribution is 0.102. The van der Waals surface area contributed by atoms with Gasteiger partial charge in [0.1, 0.15) is 11.5 Å². The van der Waals surface area contributed by atoms with Gasteiger partial charge >= 0.3 is 0 Å². The zero-order valence-corrected chi connectivity index (χ0v) is 18.2. The maximum absolute atomic E-state index is 12.7. The fraction of sp³-hybridized carbons (Fsp3) is 0.350. The molecule has 0 saturated carbocycles. The van der Waals surface area contributed by atoms with Gasteiger partial charge in [-0.1, -0.05) is 32.9 Å². The second kappa shape index (κ2) is 8.86. The summed E-state index contributed by atoms with van der Waals surface area (Å²) >= 11 is 1.45. The Balaban J connectivity index is 0.00000280. The summed E-state index contributed by atoms with van der Waals surface area (Å²) in [6.07, 6.45) is 0.674. The molecule has 28 heavy (non-hydrogen) atoms. The van der Waals surface area contributed by atoms with Crippen molar-refractivity contribution in [3.63, 3.8) is 0 Å². The molecule has 0 aliphatic rings. The Bertz CT molecular complexity index is 958. The van der Waals surface area contributed by atoms with E-state index >= 15 is 0 Å². The van der Waals surface area contributed by atoms with Gasteiger partial charge in [-0.05, 0) is 31.2 Å².